The second-order valence-corrected chi connectivity index (χ2v) is 6.55. The number of ether oxygens (including phenoxy) is 1. The second kappa shape index (κ2) is 9.73. The van der Waals surface area contributed by atoms with Gasteiger partial charge in [0.05, 0.1) is 24.5 Å². The van der Waals surface area contributed by atoms with E-state index in [9.17, 15) is 4.79 Å². The number of nitrogens with two attached hydrogens (primary N) is 1. The maximum absolute atomic E-state index is 11.5. The van der Waals surface area contributed by atoms with Gasteiger partial charge in [-0.2, -0.15) is 0 Å². The van der Waals surface area contributed by atoms with Gasteiger partial charge < -0.3 is 20.6 Å². The zero-order valence-electron chi connectivity index (χ0n) is 15.2. The Kier molecular flexibility index (Phi) is 6.82. The molecule has 0 aromatic heterocycles. The summed E-state index contributed by atoms with van der Waals surface area (Å²) in [6.07, 6.45) is 5.75. The highest BCUT2D eigenvalue weighted by atomic mass is 16.6. The summed E-state index contributed by atoms with van der Waals surface area (Å²) in [5.41, 5.74) is 6.77. The van der Waals surface area contributed by atoms with Gasteiger partial charge in [0.15, 0.2) is 5.75 Å². The topological polar surface area (TPSA) is 85.9 Å². The SMILES string of the molecule is NC(=O)c1ccccc1NC1CCC(OCC=NOc2ccccc2)CC1. The molecule has 1 amide bonds. The van der Waals surface area contributed by atoms with Crippen LogP contribution in [-0.2, 0) is 4.74 Å². The molecule has 1 aliphatic carbocycles. The Balaban J connectivity index is 1.37. The molecule has 0 bridgehead atoms. The summed E-state index contributed by atoms with van der Waals surface area (Å²) in [5, 5.41) is 7.36. The van der Waals surface area contributed by atoms with Crippen LogP contribution in [0.4, 0.5) is 5.69 Å². The first-order valence-corrected chi connectivity index (χ1v) is 9.23. The molecule has 2 aromatic carbocycles. The van der Waals surface area contributed by atoms with E-state index in [-0.39, 0.29) is 6.10 Å². The first-order valence-electron chi connectivity index (χ1n) is 9.23. The highest BCUT2D eigenvalue weighted by Gasteiger charge is 2.22. The predicted molar refractivity (Wildman–Crippen MR) is 106 cm³/mol. The van der Waals surface area contributed by atoms with E-state index >= 15 is 0 Å². The average Bonchev–Trinajstić information content (AvgIpc) is 2.70. The minimum absolute atomic E-state index is 0.220. The number of nitrogens with one attached hydrogen (secondary N) is 1. The lowest BCUT2D eigenvalue weighted by molar-refractivity contribution is 0.0512. The molecule has 1 fully saturated rings. The van der Waals surface area contributed by atoms with Gasteiger partial charge in [-0.25, -0.2) is 0 Å². The maximum Gasteiger partial charge on any atom is 0.250 e. The van der Waals surface area contributed by atoms with Crippen molar-refractivity contribution in [3.05, 3.63) is 60.2 Å². The molecule has 0 aliphatic heterocycles. The van der Waals surface area contributed by atoms with Crippen molar-refractivity contribution in [1.82, 2.24) is 0 Å². The lowest BCUT2D eigenvalue weighted by Crippen LogP contribution is -2.31. The number of hydrogen-bond donors (Lipinski definition) is 2. The normalized spacial score (nSPS) is 19.7. The van der Waals surface area contributed by atoms with Crippen LogP contribution in [-0.4, -0.2) is 30.9 Å². The molecule has 3 rings (SSSR count). The number of anilines is 1. The summed E-state index contributed by atoms with van der Waals surface area (Å²) in [7, 11) is 0. The maximum atomic E-state index is 11.5. The van der Waals surface area contributed by atoms with E-state index < -0.39 is 5.91 Å². The Morgan fingerprint density at radius 2 is 1.78 bits per heavy atom. The molecule has 1 saturated carbocycles. The third-order valence-electron chi connectivity index (χ3n) is 4.61. The molecular formula is C21H25N3O3. The summed E-state index contributed by atoms with van der Waals surface area (Å²) >= 11 is 0. The van der Waals surface area contributed by atoms with Gasteiger partial charge in [-0.15, -0.1) is 0 Å². The molecule has 27 heavy (non-hydrogen) atoms. The molecule has 3 N–H and O–H groups in total. The monoisotopic (exact) mass is 367 g/mol. The van der Waals surface area contributed by atoms with Crippen LogP contribution in [0.15, 0.2) is 59.8 Å². The molecule has 142 valence electrons. The van der Waals surface area contributed by atoms with Crippen LogP contribution in [0.3, 0.4) is 0 Å². The first kappa shape index (κ1) is 18.9. The van der Waals surface area contributed by atoms with E-state index in [1.165, 1.54) is 0 Å². The second-order valence-electron chi connectivity index (χ2n) is 6.55. The molecule has 0 unspecified atom stereocenters. The van der Waals surface area contributed by atoms with Gasteiger partial charge in [-0.1, -0.05) is 35.5 Å². The molecule has 0 radical (unpaired) electrons. The smallest absolute Gasteiger partial charge is 0.250 e. The van der Waals surface area contributed by atoms with E-state index in [2.05, 4.69) is 10.5 Å². The molecule has 0 saturated heterocycles. The summed E-state index contributed by atoms with van der Waals surface area (Å²) < 4.78 is 5.85. The molecule has 0 atom stereocenters. The van der Waals surface area contributed by atoms with Crippen molar-refractivity contribution in [1.29, 1.82) is 0 Å². The van der Waals surface area contributed by atoms with Crippen LogP contribution >= 0.6 is 0 Å². The predicted octanol–water partition coefficient (Wildman–Crippen LogP) is 3.59. The van der Waals surface area contributed by atoms with Crippen molar-refractivity contribution in [2.24, 2.45) is 10.9 Å². The number of para-hydroxylation sites is 2. The van der Waals surface area contributed by atoms with Crippen molar-refractivity contribution in [3.8, 4) is 5.75 Å². The largest absolute Gasteiger partial charge is 0.382 e. The molecule has 6 heteroatoms. The summed E-state index contributed by atoms with van der Waals surface area (Å²) in [4.78, 5) is 16.8. The number of rotatable bonds is 8. The van der Waals surface area contributed by atoms with E-state index in [1.54, 1.807) is 12.3 Å². The van der Waals surface area contributed by atoms with Gasteiger partial charge in [0.1, 0.15) is 0 Å². The number of primary amides is 1. The van der Waals surface area contributed by atoms with Crippen molar-refractivity contribution in [2.45, 2.75) is 37.8 Å². The summed E-state index contributed by atoms with van der Waals surface area (Å²) in [5.74, 6) is 0.295. The number of nitrogens with zero attached hydrogens (tertiary/aromatic N) is 1. The number of amides is 1. The Bertz CT molecular complexity index is 756. The highest BCUT2D eigenvalue weighted by Crippen LogP contribution is 2.25. The fourth-order valence-corrected chi connectivity index (χ4v) is 3.21. The van der Waals surface area contributed by atoms with Gasteiger partial charge >= 0.3 is 0 Å². The minimum Gasteiger partial charge on any atom is -0.382 e. The number of carbonyl (C=O) groups is 1. The van der Waals surface area contributed by atoms with Gasteiger partial charge in [0.25, 0.3) is 5.91 Å². The lowest BCUT2D eigenvalue weighted by atomic mass is 9.92. The number of hydrogen-bond acceptors (Lipinski definition) is 5. The molecular weight excluding hydrogens is 342 g/mol. The van der Waals surface area contributed by atoms with E-state index in [1.807, 2.05) is 48.5 Å². The number of oxime groups is 1. The van der Waals surface area contributed by atoms with E-state index in [0.717, 1.165) is 31.4 Å². The third kappa shape index (κ3) is 5.82. The van der Waals surface area contributed by atoms with Crippen molar-refractivity contribution >= 4 is 17.8 Å². The van der Waals surface area contributed by atoms with Crippen molar-refractivity contribution < 1.29 is 14.4 Å². The number of carbonyl (C=O) groups excluding carboxylic acids is 1. The van der Waals surface area contributed by atoms with Gasteiger partial charge in [-0.3, -0.25) is 4.79 Å². The van der Waals surface area contributed by atoms with E-state index in [0.29, 0.717) is 24.0 Å². The van der Waals surface area contributed by atoms with Crippen LogP contribution in [0.1, 0.15) is 36.0 Å². The van der Waals surface area contributed by atoms with Gasteiger partial charge in [-0.05, 0) is 49.9 Å². The molecule has 1 aliphatic rings. The van der Waals surface area contributed by atoms with Crippen molar-refractivity contribution in [2.75, 3.05) is 11.9 Å². The zero-order chi connectivity index (χ0) is 18.9. The van der Waals surface area contributed by atoms with Crippen LogP contribution in [0.2, 0.25) is 0 Å². The van der Waals surface area contributed by atoms with Crippen LogP contribution in [0.25, 0.3) is 0 Å². The highest BCUT2D eigenvalue weighted by molar-refractivity contribution is 5.98. The van der Waals surface area contributed by atoms with Crippen LogP contribution in [0, 0.1) is 0 Å². The van der Waals surface area contributed by atoms with Gasteiger partial charge in [0.2, 0.25) is 0 Å². The molecule has 0 heterocycles. The Hall–Kier alpha value is -2.86. The summed E-state index contributed by atoms with van der Waals surface area (Å²) in [6, 6.07) is 17.1. The standard InChI is InChI=1S/C21H25N3O3/c22-21(25)19-8-4-5-9-20(19)24-16-10-12-17(13-11-16)26-15-14-23-27-18-6-2-1-3-7-18/h1-9,14,16-17,24H,10-13,15H2,(H2,22,25). The minimum atomic E-state index is -0.410. The van der Waals surface area contributed by atoms with E-state index in [4.69, 9.17) is 15.3 Å². The fraction of sp³-hybridized carbons (Fsp3) is 0.333. The summed E-state index contributed by atoms with van der Waals surface area (Å²) in [6.45, 7) is 0.431. The van der Waals surface area contributed by atoms with Crippen LogP contribution in [0.5, 0.6) is 5.75 Å². The first-order chi connectivity index (χ1) is 13.2. The molecule has 6 nitrogen and oxygen atoms in total. The zero-order valence-corrected chi connectivity index (χ0v) is 15.2. The Morgan fingerprint density at radius 1 is 1.07 bits per heavy atom. The molecule has 2 aromatic rings. The van der Waals surface area contributed by atoms with Crippen molar-refractivity contribution in [3.63, 3.8) is 0 Å². The Labute approximate surface area is 159 Å². The lowest BCUT2D eigenvalue weighted by Gasteiger charge is -2.29. The van der Waals surface area contributed by atoms with Crippen LogP contribution < -0.4 is 15.9 Å². The quantitative estimate of drug-likeness (QED) is 0.551. The average molecular weight is 367 g/mol. The van der Waals surface area contributed by atoms with Gasteiger partial charge in [0, 0.05) is 11.7 Å². The molecule has 0 spiro atoms. The Morgan fingerprint density at radius 3 is 2.52 bits per heavy atom. The fourth-order valence-electron chi connectivity index (χ4n) is 3.21. The third-order valence-corrected chi connectivity index (χ3v) is 4.61. The number of benzene rings is 2.